The van der Waals surface area contributed by atoms with Gasteiger partial charge in [-0.1, -0.05) is 12.1 Å². The van der Waals surface area contributed by atoms with Crippen LogP contribution in [0.4, 0.5) is 5.69 Å². The Hall–Kier alpha value is -3.62. The number of phenols is 1. The third kappa shape index (κ3) is 4.93. The lowest BCUT2D eigenvalue weighted by molar-refractivity contribution is -0.385. The number of nitrogens with zero attached hydrogens (tertiary/aromatic N) is 2. The Morgan fingerprint density at radius 2 is 2.08 bits per heavy atom. The van der Waals surface area contributed by atoms with Crippen LogP contribution in [0.3, 0.4) is 0 Å². The zero-order valence-corrected chi connectivity index (χ0v) is 13.2. The van der Waals surface area contributed by atoms with Crippen molar-refractivity contribution >= 4 is 17.8 Å². The van der Waals surface area contributed by atoms with E-state index in [2.05, 4.69) is 10.5 Å². The van der Waals surface area contributed by atoms with Crippen LogP contribution >= 0.6 is 0 Å². The third-order valence-corrected chi connectivity index (χ3v) is 3.03. The second-order valence-electron chi connectivity index (χ2n) is 4.74. The number of hydrogen-bond donors (Lipinski definition) is 2. The zero-order chi connectivity index (χ0) is 18.2. The summed E-state index contributed by atoms with van der Waals surface area (Å²) in [5, 5.41) is 24.2. The molecule has 0 radical (unpaired) electrons. The van der Waals surface area contributed by atoms with Crippen molar-refractivity contribution in [3.8, 4) is 17.2 Å². The van der Waals surface area contributed by atoms with Gasteiger partial charge in [-0.2, -0.15) is 5.10 Å². The third-order valence-electron chi connectivity index (χ3n) is 3.03. The Kier molecular flexibility index (Phi) is 5.88. The number of hydrogen-bond acceptors (Lipinski definition) is 7. The predicted octanol–water partition coefficient (Wildman–Crippen LogP) is 1.84. The summed E-state index contributed by atoms with van der Waals surface area (Å²) in [5.74, 6) is -0.338. The van der Waals surface area contributed by atoms with Crippen LogP contribution in [0.5, 0.6) is 17.2 Å². The highest BCUT2D eigenvalue weighted by Crippen LogP contribution is 2.26. The molecule has 0 bridgehead atoms. The van der Waals surface area contributed by atoms with E-state index in [1.807, 2.05) is 0 Å². The van der Waals surface area contributed by atoms with E-state index < -0.39 is 17.4 Å². The summed E-state index contributed by atoms with van der Waals surface area (Å²) in [6.45, 7) is -0.434. The fourth-order valence-electron chi connectivity index (χ4n) is 1.87. The van der Waals surface area contributed by atoms with Crippen LogP contribution in [-0.2, 0) is 4.79 Å². The van der Waals surface area contributed by atoms with Crippen LogP contribution in [0.15, 0.2) is 47.6 Å². The largest absolute Gasteiger partial charge is 0.504 e. The first-order chi connectivity index (χ1) is 12.0. The number of phenolic OH excluding ortho intramolecular Hbond substituents is 1. The first-order valence-electron chi connectivity index (χ1n) is 7.06. The molecule has 130 valence electrons. The molecule has 0 spiro atoms. The van der Waals surface area contributed by atoms with Gasteiger partial charge in [0.2, 0.25) is 0 Å². The number of para-hydroxylation sites is 2. The van der Waals surface area contributed by atoms with Gasteiger partial charge in [0.15, 0.2) is 23.9 Å². The van der Waals surface area contributed by atoms with Gasteiger partial charge in [-0.3, -0.25) is 14.9 Å². The SMILES string of the molecule is COc1ccc(/C=N/NC(=O)COc2ccccc2[N+](=O)[O-])cc1O. The van der Waals surface area contributed by atoms with Crippen molar-refractivity contribution in [3.63, 3.8) is 0 Å². The molecule has 0 fully saturated rings. The molecule has 2 rings (SSSR count). The molecule has 9 heteroatoms. The van der Waals surface area contributed by atoms with Gasteiger partial charge in [0.05, 0.1) is 18.2 Å². The molecule has 0 aliphatic heterocycles. The predicted molar refractivity (Wildman–Crippen MR) is 89.0 cm³/mol. The van der Waals surface area contributed by atoms with Crippen LogP contribution in [-0.4, -0.2) is 35.9 Å². The first-order valence-corrected chi connectivity index (χ1v) is 7.06. The molecule has 0 aromatic heterocycles. The standard InChI is InChI=1S/C16H15N3O6/c1-24-15-7-6-11(8-13(15)20)9-17-18-16(21)10-25-14-5-3-2-4-12(14)19(22)23/h2-9,20H,10H2,1H3,(H,18,21)/b17-9+. The number of carbonyl (C=O) groups is 1. The van der Waals surface area contributed by atoms with Gasteiger partial charge >= 0.3 is 5.69 Å². The van der Waals surface area contributed by atoms with Crippen LogP contribution in [0.25, 0.3) is 0 Å². The second kappa shape index (κ2) is 8.29. The fraction of sp³-hybridized carbons (Fsp3) is 0.125. The van der Waals surface area contributed by atoms with E-state index in [0.717, 1.165) is 0 Å². The maximum Gasteiger partial charge on any atom is 0.310 e. The topological polar surface area (TPSA) is 123 Å². The molecule has 2 aromatic carbocycles. The van der Waals surface area contributed by atoms with Crippen LogP contribution in [0, 0.1) is 10.1 Å². The summed E-state index contributed by atoms with van der Waals surface area (Å²) >= 11 is 0. The van der Waals surface area contributed by atoms with Gasteiger partial charge in [-0.05, 0) is 29.8 Å². The molecule has 2 N–H and O–H groups in total. The number of nitro benzene ring substituents is 1. The molecule has 0 heterocycles. The minimum absolute atomic E-state index is 0.00768. The van der Waals surface area contributed by atoms with Crippen molar-refractivity contribution in [1.82, 2.24) is 5.43 Å². The van der Waals surface area contributed by atoms with Crippen LogP contribution in [0.1, 0.15) is 5.56 Å². The van der Waals surface area contributed by atoms with Gasteiger partial charge in [-0.25, -0.2) is 5.43 Å². The van der Waals surface area contributed by atoms with Gasteiger partial charge in [0, 0.05) is 6.07 Å². The minimum Gasteiger partial charge on any atom is -0.504 e. The number of rotatable bonds is 7. The molecule has 1 amide bonds. The number of aromatic hydroxyl groups is 1. The quantitative estimate of drug-likeness (QED) is 0.448. The molecule has 0 aliphatic rings. The summed E-state index contributed by atoms with van der Waals surface area (Å²) in [6.07, 6.45) is 1.32. The summed E-state index contributed by atoms with van der Waals surface area (Å²) in [5.41, 5.74) is 2.53. The van der Waals surface area contributed by atoms with E-state index in [9.17, 15) is 20.0 Å². The number of ether oxygens (including phenoxy) is 2. The minimum atomic E-state index is -0.596. The highest BCUT2D eigenvalue weighted by Gasteiger charge is 2.14. The first kappa shape index (κ1) is 17.7. The second-order valence-corrected chi connectivity index (χ2v) is 4.74. The summed E-state index contributed by atoms with van der Waals surface area (Å²) in [4.78, 5) is 21.9. The normalized spacial score (nSPS) is 10.4. The van der Waals surface area contributed by atoms with E-state index in [-0.39, 0.29) is 17.2 Å². The van der Waals surface area contributed by atoms with Gasteiger partial charge in [0.25, 0.3) is 5.91 Å². The van der Waals surface area contributed by atoms with Gasteiger partial charge in [0.1, 0.15) is 0 Å². The monoisotopic (exact) mass is 345 g/mol. The average molecular weight is 345 g/mol. The summed E-state index contributed by atoms with van der Waals surface area (Å²) < 4.78 is 10.0. The van der Waals surface area contributed by atoms with Gasteiger partial charge in [-0.15, -0.1) is 0 Å². The summed E-state index contributed by atoms with van der Waals surface area (Å²) in [6, 6.07) is 10.3. The maximum absolute atomic E-state index is 11.7. The molecule has 9 nitrogen and oxygen atoms in total. The van der Waals surface area contributed by atoms with E-state index in [4.69, 9.17) is 9.47 Å². The van der Waals surface area contributed by atoms with Crippen molar-refractivity contribution in [3.05, 3.63) is 58.1 Å². The van der Waals surface area contributed by atoms with E-state index in [0.29, 0.717) is 11.3 Å². The summed E-state index contributed by atoms with van der Waals surface area (Å²) in [7, 11) is 1.43. The highest BCUT2D eigenvalue weighted by molar-refractivity contribution is 5.83. The molecule has 0 unspecified atom stereocenters. The number of hydrazone groups is 1. The smallest absolute Gasteiger partial charge is 0.310 e. The molecular weight excluding hydrogens is 330 g/mol. The Morgan fingerprint density at radius 3 is 2.76 bits per heavy atom. The number of nitrogens with one attached hydrogen (secondary N) is 1. The number of methoxy groups -OCH3 is 1. The number of carbonyl (C=O) groups excluding carboxylic acids is 1. The molecule has 0 atom stereocenters. The number of amides is 1. The Bertz CT molecular complexity index is 806. The van der Waals surface area contributed by atoms with Crippen molar-refractivity contribution < 1.29 is 24.3 Å². The lowest BCUT2D eigenvalue weighted by atomic mass is 10.2. The molecule has 2 aromatic rings. The Balaban J connectivity index is 1.89. The number of nitro groups is 1. The fourth-order valence-corrected chi connectivity index (χ4v) is 1.87. The lowest BCUT2D eigenvalue weighted by Crippen LogP contribution is -2.24. The highest BCUT2D eigenvalue weighted by atomic mass is 16.6. The Labute approximate surface area is 142 Å². The zero-order valence-electron chi connectivity index (χ0n) is 13.2. The van der Waals surface area contributed by atoms with Crippen LogP contribution < -0.4 is 14.9 Å². The van der Waals surface area contributed by atoms with Gasteiger partial charge < -0.3 is 14.6 Å². The van der Waals surface area contributed by atoms with Crippen molar-refractivity contribution in [2.45, 2.75) is 0 Å². The van der Waals surface area contributed by atoms with Crippen molar-refractivity contribution in [1.29, 1.82) is 0 Å². The molecule has 25 heavy (non-hydrogen) atoms. The molecular formula is C16H15N3O6. The maximum atomic E-state index is 11.7. The van der Waals surface area contributed by atoms with Crippen molar-refractivity contribution in [2.75, 3.05) is 13.7 Å². The molecule has 0 saturated carbocycles. The Morgan fingerprint density at radius 1 is 1.32 bits per heavy atom. The van der Waals surface area contributed by atoms with E-state index >= 15 is 0 Å². The van der Waals surface area contributed by atoms with E-state index in [1.165, 1.54) is 37.6 Å². The van der Waals surface area contributed by atoms with Crippen LogP contribution in [0.2, 0.25) is 0 Å². The molecule has 0 saturated heterocycles. The van der Waals surface area contributed by atoms with Crippen molar-refractivity contribution in [2.24, 2.45) is 5.10 Å². The average Bonchev–Trinajstić information content (AvgIpc) is 2.60. The lowest BCUT2D eigenvalue weighted by Gasteiger charge is -2.05. The van der Waals surface area contributed by atoms with E-state index in [1.54, 1.807) is 18.2 Å². The molecule has 0 aliphatic carbocycles. The number of benzene rings is 2.